The third-order valence-corrected chi connectivity index (χ3v) is 4.82. The van der Waals surface area contributed by atoms with E-state index < -0.39 is 5.91 Å². The molecule has 0 spiro atoms. The molecule has 2 aromatic carbocycles. The smallest absolute Gasteiger partial charge is 0.267 e. The van der Waals surface area contributed by atoms with Crippen LogP contribution in [0.25, 0.3) is 6.08 Å². The summed E-state index contributed by atoms with van der Waals surface area (Å²) in [5, 5.41) is 8.56. The van der Waals surface area contributed by atoms with Gasteiger partial charge in [-0.05, 0) is 54.3 Å². The van der Waals surface area contributed by atoms with Gasteiger partial charge in [0.2, 0.25) is 0 Å². The minimum atomic E-state index is -0.543. The van der Waals surface area contributed by atoms with Crippen molar-refractivity contribution in [2.75, 3.05) is 6.54 Å². The molecular formula is C25H27N3O2. The van der Waals surface area contributed by atoms with E-state index in [1.54, 1.807) is 11.6 Å². The molecule has 5 heteroatoms. The SMILES string of the molecule is O=C(/C=C/c1ccc(CN(CCCc2ccccc2)Cc2ccccn2)cc1)NO. The number of amides is 1. The highest BCUT2D eigenvalue weighted by Crippen LogP contribution is 2.13. The third kappa shape index (κ3) is 7.28. The second kappa shape index (κ2) is 11.7. The van der Waals surface area contributed by atoms with Gasteiger partial charge in [-0.1, -0.05) is 60.7 Å². The van der Waals surface area contributed by atoms with E-state index in [2.05, 4.69) is 52.3 Å². The summed E-state index contributed by atoms with van der Waals surface area (Å²) in [6.45, 7) is 2.60. The monoisotopic (exact) mass is 401 g/mol. The highest BCUT2D eigenvalue weighted by molar-refractivity contribution is 5.90. The molecule has 0 radical (unpaired) electrons. The zero-order chi connectivity index (χ0) is 21.0. The van der Waals surface area contributed by atoms with Gasteiger partial charge in [0.25, 0.3) is 5.91 Å². The molecule has 0 fully saturated rings. The Bertz CT molecular complexity index is 926. The predicted molar refractivity (Wildman–Crippen MR) is 119 cm³/mol. The largest absolute Gasteiger partial charge is 0.293 e. The lowest BCUT2D eigenvalue weighted by Gasteiger charge is -2.22. The standard InChI is InChI=1S/C25H27N3O2/c29-25(27-30)16-15-22-11-13-23(14-12-22)19-28(20-24-10-4-5-17-26-24)18-6-9-21-7-2-1-3-8-21/h1-5,7-8,10-17,30H,6,9,18-20H2,(H,27,29)/b16-15+. The summed E-state index contributed by atoms with van der Waals surface area (Å²) in [4.78, 5) is 18.0. The maximum absolute atomic E-state index is 11.1. The molecule has 1 amide bonds. The van der Waals surface area contributed by atoms with E-state index in [4.69, 9.17) is 5.21 Å². The molecule has 0 saturated heterocycles. The Labute approximate surface area is 177 Å². The van der Waals surface area contributed by atoms with E-state index in [0.29, 0.717) is 0 Å². The van der Waals surface area contributed by atoms with E-state index >= 15 is 0 Å². The van der Waals surface area contributed by atoms with Gasteiger partial charge in [-0.15, -0.1) is 0 Å². The van der Waals surface area contributed by atoms with Gasteiger partial charge in [0.15, 0.2) is 0 Å². The normalized spacial score (nSPS) is 11.1. The summed E-state index contributed by atoms with van der Waals surface area (Å²) in [5.41, 5.74) is 6.12. The Balaban J connectivity index is 1.62. The van der Waals surface area contributed by atoms with Gasteiger partial charge in [-0.2, -0.15) is 0 Å². The van der Waals surface area contributed by atoms with Crippen LogP contribution in [-0.4, -0.2) is 27.5 Å². The van der Waals surface area contributed by atoms with Crippen LogP contribution in [0.3, 0.4) is 0 Å². The summed E-state index contributed by atoms with van der Waals surface area (Å²) in [6, 6.07) is 24.7. The van der Waals surface area contributed by atoms with Gasteiger partial charge in [0, 0.05) is 25.4 Å². The molecule has 2 N–H and O–H groups in total. The first-order valence-electron chi connectivity index (χ1n) is 10.1. The molecule has 1 aromatic heterocycles. The average Bonchev–Trinajstić information content (AvgIpc) is 2.79. The lowest BCUT2D eigenvalue weighted by molar-refractivity contribution is -0.124. The first-order valence-corrected chi connectivity index (χ1v) is 10.1. The molecule has 5 nitrogen and oxygen atoms in total. The molecule has 30 heavy (non-hydrogen) atoms. The molecule has 1 heterocycles. The molecule has 0 saturated carbocycles. The molecular weight excluding hydrogens is 374 g/mol. The molecule has 154 valence electrons. The fraction of sp³-hybridized carbons (Fsp3) is 0.200. The van der Waals surface area contributed by atoms with Crippen molar-refractivity contribution in [3.8, 4) is 0 Å². The van der Waals surface area contributed by atoms with Crippen LogP contribution in [0.5, 0.6) is 0 Å². The van der Waals surface area contributed by atoms with Gasteiger partial charge in [-0.3, -0.25) is 19.9 Å². The first-order chi connectivity index (χ1) is 14.7. The molecule has 3 rings (SSSR count). The Hall–Kier alpha value is -3.28. The van der Waals surface area contributed by atoms with Crippen molar-refractivity contribution in [3.05, 3.63) is 107 Å². The Morgan fingerprint density at radius 1 is 0.933 bits per heavy atom. The number of hydroxylamine groups is 1. The average molecular weight is 402 g/mol. The Morgan fingerprint density at radius 3 is 2.40 bits per heavy atom. The van der Waals surface area contributed by atoms with Gasteiger partial charge < -0.3 is 0 Å². The van der Waals surface area contributed by atoms with E-state index in [1.165, 1.54) is 17.2 Å². The fourth-order valence-electron chi connectivity index (χ4n) is 3.29. The molecule has 0 bridgehead atoms. The van der Waals surface area contributed by atoms with Gasteiger partial charge >= 0.3 is 0 Å². The molecule has 0 unspecified atom stereocenters. The van der Waals surface area contributed by atoms with E-state index in [-0.39, 0.29) is 0 Å². The van der Waals surface area contributed by atoms with Crippen molar-refractivity contribution in [2.45, 2.75) is 25.9 Å². The number of pyridine rings is 1. The van der Waals surface area contributed by atoms with Gasteiger partial charge in [0.1, 0.15) is 0 Å². The summed E-state index contributed by atoms with van der Waals surface area (Å²) in [6.07, 6.45) is 6.93. The number of carbonyl (C=O) groups excluding carboxylic acids is 1. The molecule has 0 aliphatic rings. The van der Waals surface area contributed by atoms with Crippen LogP contribution >= 0.6 is 0 Å². The second-order valence-corrected chi connectivity index (χ2v) is 7.17. The summed E-state index contributed by atoms with van der Waals surface area (Å²) >= 11 is 0. The highest BCUT2D eigenvalue weighted by atomic mass is 16.5. The zero-order valence-electron chi connectivity index (χ0n) is 16.9. The minimum Gasteiger partial charge on any atom is -0.293 e. The third-order valence-electron chi connectivity index (χ3n) is 4.82. The van der Waals surface area contributed by atoms with Crippen molar-refractivity contribution >= 4 is 12.0 Å². The maximum Gasteiger partial charge on any atom is 0.267 e. The number of aromatic nitrogens is 1. The minimum absolute atomic E-state index is 0.543. The molecule has 3 aromatic rings. The number of rotatable bonds is 10. The number of hydrogen-bond acceptors (Lipinski definition) is 4. The predicted octanol–water partition coefficient (Wildman–Crippen LogP) is 4.24. The molecule has 0 atom stereocenters. The van der Waals surface area contributed by atoms with E-state index in [1.807, 2.05) is 36.5 Å². The van der Waals surface area contributed by atoms with Crippen molar-refractivity contribution in [1.29, 1.82) is 0 Å². The second-order valence-electron chi connectivity index (χ2n) is 7.17. The number of nitrogens with zero attached hydrogens (tertiary/aromatic N) is 2. The van der Waals surface area contributed by atoms with E-state index in [0.717, 1.165) is 43.7 Å². The number of nitrogens with one attached hydrogen (secondary N) is 1. The topological polar surface area (TPSA) is 65.5 Å². The van der Waals surface area contributed by atoms with Gasteiger partial charge in [0.05, 0.1) is 5.69 Å². The maximum atomic E-state index is 11.1. The van der Waals surface area contributed by atoms with Gasteiger partial charge in [-0.25, -0.2) is 5.48 Å². The van der Waals surface area contributed by atoms with Crippen LogP contribution in [0.1, 0.15) is 28.8 Å². The van der Waals surface area contributed by atoms with Crippen LogP contribution in [0.2, 0.25) is 0 Å². The molecule has 0 aliphatic heterocycles. The van der Waals surface area contributed by atoms with Crippen LogP contribution < -0.4 is 5.48 Å². The molecule has 0 aliphatic carbocycles. The van der Waals surface area contributed by atoms with E-state index in [9.17, 15) is 4.79 Å². The first kappa shape index (κ1) is 21.4. The van der Waals surface area contributed by atoms with Crippen molar-refractivity contribution in [2.24, 2.45) is 0 Å². The Kier molecular flexibility index (Phi) is 8.33. The van der Waals surface area contributed by atoms with Crippen molar-refractivity contribution in [3.63, 3.8) is 0 Å². The fourth-order valence-corrected chi connectivity index (χ4v) is 3.29. The van der Waals surface area contributed by atoms with Crippen molar-refractivity contribution in [1.82, 2.24) is 15.4 Å². The summed E-state index contributed by atoms with van der Waals surface area (Å²) in [5.74, 6) is -0.543. The summed E-state index contributed by atoms with van der Waals surface area (Å²) in [7, 11) is 0. The number of benzene rings is 2. The van der Waals surface area contributed by atoms with Crippen LogP contribution in [0, 0.1) is 0 Å². The lowest BCUT2D eigenvalue weighted by Crippen LogP contribution is -2.25. The number of aryl methyl sites for hydroxylation is 1. The number of hydrogen-bond donors (Lipinski definition) is 2. The number of carbonyl (C=O) groups is 1. The van der Waals surface area contributed by atoms with Crippen molar-refractivity contribution < 1.29 is 10.0 Å². The lowest BCUT2D eigenvalue weighted by atomic mass is 10.1. The zero-order valence-corrected chi connectivity index (χ0v) is 16.9. The highest BCUT2D eigenvalue weighted by Gasteiger charge is 2.08. The van der Waals surface area contributed by atoms with Crippen LogP contribution in [0.4, 0.5) is 0 Å². The van der Waals surface area contributed by atoms with Crippen LogP contribution in [-0.2, 0) is 24.3 Å². The quantitative estimate of drug-likeness (QED) is 0.303. The Morgan fingerprint density at radius 2 is 1.70 bits per heavy atom. The van der Waals surface area contributed by atoms with Crippen LogP contribution in [0.15, 0.2) is 85.1 Å². The summed E-state index contributed by atoms with van der Waals surface area (Å²) < 4.78 is 0.